The average molecular weight is 196 g/mol. The zero-order valence-corrected chi connectivity index (χ0v) is 9.32. The fourth-order valence-corrected chi connectivity index (χ4v) is 1.71. The summed E-state index contributed by atoms with van der Waals surface area (Å²) in [5.41, 5.74) is 3.93. The molecule has 0 bridgehead atoms. The molecule has 0 heterocycles. The summed E-state index contributed by atoms with van der Waals surface area (Å²) in [4.78, 5) is 0. The summed E-state index contributed by atoms with van der Waals surface area (Å²) in [6.07, 6.45) is 1.03. The second-order valence-electron chi connectivity index (χ2n) is 3.15. The van der Waals surface area contributed by atoms with E-state index in [9.17, 15) is 0 Å². The summed E-state index contributed by atoms with van der Waals surface area (Å²) in [6, 6.07) is 4.15. The van der Waals surface area contributed by atoms with Crippen LogP contribution in [-0.2, 0) is 6.42 Å². The quantitative estimate of drug-likeness (QED) is 0.731. The largest absolute Gasteiger partial charge is 0.496 e. The molecule has 1 aromatic rings. The van der Waals surface area contributed by atoms with Crippen molar-refractivity contribution in [1.82, 2.24) is 0 Å². The predicted octanol–water partition coefficient (Wildman–Crippen LogP) is 2.78. The monoisotopic (exact) mass is 196 g/mol. The summed E-state index contributed by atoms with van der Waals surface area (Å²) < 4.78 is 5.24. The molecule has 13 heavy (non-hydrogen) atoms. The first-order valence-electron chi connectivity index (χ1n) is 4.44. The number of thiol groups is 1. The highest BCUT2D eigenvalue weighted by Gasteiger charge is 2.05. The number of aryl methyl sites for hydroxylation is 1. The Labute approximate surface area is 85.5 Å². The van der Waals surface area contributed by atoms with Gasteiger partial charge in [-0.25, -0.2) is 0 Å². The van der Waals surface area contributed by atoms with Crippen molar-refractivity contribution in [3.63, 3.8) is 0 Å². The molecule has 0 amide bonds. The molecule has 0 aliphatic carbocycles. The van der Waals surface area contributed by atoms with Crippen LogP contribution in [0.15, 0.2) is 12.1 Å². The maximum atomic E-state index is 5.24. The van der Waals surface area contributed by atoms with Crippen LogP contribution in [0, 0.1) is 13.8 Å². The molecule has 1 aromatic carbocycles. The van der Waals surface area contributed by atoms with Crippen molar-refractivity contribution < 1.29 is 4.74 Å². The first-order chi connectivity index (χ1) is 6.20. The van der Waals surface area contributed by atoms with E-state index < -0.39 is 0 Å². The number of hydrogen-bond donors (Lipinski definition) is 1. The lowest BCUT2D eigenvalue weighted by atomic mass is 10.0. The zero-order valence-electron chi connectivity index (χ0n) is 8.42. The van der Waals surface area contributed by atoms with Crippen molar-refractivity contribution >= 4 is 12.6 Å². The van der Waals surface area contributed by atoms with E-state index in [-0.39, 0.29) is 0 Å². The molecule has 2 heteroatoms. The van der Waals surface area contributed by atoms with Gasteiger partial charge in [0.2, 0.25) is 0 Å². The maximum Gasteiger partial charge on any atom is 0.122 e. The first-order valence-corrected chi connectivity index (χ1v) is 5.08. The Kier molecular flexibility index (Phi) is 3.67. The molecule has 1 rings (SSSR count). The molecule has 0 aliphatic heterocycles. The molecule has 1 nitrogen and oxygen atoms in total. The Hall–Kier alpha value is -0.630. The number of benzene rings is 1. The molecule has 0 atom stereocenters. The Bertz CT molecular complexity index is 294. The van der Waals surface area contributed by atoms with Gasteiger partial charge < -0.3 is 4.74 Å². The van der Waals surface area contributed by atoms with Gasteiger partial charge in [0, 0.05) is 0 Å². The van der Waals surface area contributed by atoms with Crippen LogP contribution >= 0.6 is 12.6 Å². The van der Waals surface area contributed by atoms with Crippen LogP contribution in [0.1, 0.15) is 16.7 Å². The van der Waals surface area contributed by atoms with Gasteiger partial charge in [-0.05, 0) is 48.8 Å². The molecule has 0 aromatic heterocycles. The number of methoxy groups -OCH3 is 1. The van der Waals surface area contributed by atoms with Crippen molar-refractivity contribution in [2.45, 2.75) is 20.3 Å². The lowest BCUT2D eigenvalue weighted by Crippen LogP contribution is -1.96. The fraction of sp³-hybridized carbons (Fsp3) is 0.455. The third-order valence-corrected chi connectivity index (χ3v) is 2.67. The minimum Gasteiger partial charge on any atom is -0.496 e. The summed E-state index contributed by atoms with van der Waals surface area (Å²) in [5.74, 6) is 1.87. The van der Waals surface area contributed by atoms with E-state index in [4.69, 9.17) is 4.74 Å². The van der Waals surface area contributed by atoms with E-state index in [0.717, 1.165) is 17.9 Å². The van der Waals surface area contributed by atoms with Crippen LogP contribution in [0.25, 0.3) is 0 Å². The molecular formula is C11H16OS. The molecule has 72 valence electrons. The maximum absolute atomic E-state index is 5.24. The standard InChI is InChI=1S/C11H16OS/c1-8-9(2)11(12-3)5-4-10(8)6-7-13/h4-5,13H,6-7H2,1-3H3. The first kappa shape index (κ1) is 10.5. The van der Waals surface area contributed by atoms with Gasteiger partial charge in [0.05, 0.1) is 7.11 Å². The predicted molar refractivity (Wildman–Crippen MR) is 60.0 cm³/mol. The van der Waals surface area contributed by atoms with Gasteiger partial charge in [0.1, 0.15) is 5.75 Å². The average Bonchev–Trinajstić information content (AvgIpc) is 2.14. The zero-order chi connectivity index (χ0) is 9.84. The van der Waals surface area contributed by atoms with Crippen LogP contribution in [0.4, 0.5) is 0 Å². The molecule has 0 unspecified atom stereocenters. The van der Waals surface area contributed by atoms with Crippen LogP contribution in [0.2, 0.25) is 0 Å². The van der Waals surface area contributed by atoms with Crippen molar-refractivity contribution in [1.29, 1.82) is 0 Å². The van der Waals surface area contributed by atoms with Crippen LogP contribution in [0.5, 0.6) is 5.75 Å². The van der Waals surface area contributed by atoms with Crippen molar-refractivity contribution in [3.05, 3.63) is 28.8 Å². The van der Waals surface area contributed by atoms with Gasteiger partial charge in [0.25, 0.3) is 0 Å². The van der Waals surface area contributed by atoms with Gasteiger partial charge in [-0.1, -0.05) is 6.07 Å². The van der Waals surface area contributed by atoms with Crippen molar-refractivity contribution in [2.24, 2.45) is 0 Å². The topological polar surface area (TPSA) is 9.23 Å². The third kappa shape index (κ3) is 2.19. The van der Waals surface area contributed by atoms with E-state index in [1.54, 1.807) is 7.11 Å². The molecule has 0 N–H and O–H groups in total. The number of rotatable bonds is 3. The fourth-order valence-electron chi connectivity index (χ4n) is 1.46. The number of hydrogen-bond acceptors (Lipinski definition) is 2. The Morgan fingerprint density at radius 2 is 1.92 bits per heavy atom. The third-order valence-electron chi connectivity index (χ3n) is 2.45. The molecule has 0 aliphatic rings. The minimum absolute atomic E-state index is 0.895. The smallest absolute Gasteiger partial charge is 0.122 e. The number of ether oxygens (including phenoxy) is 1. The Balaban J connectivity index is 3.07. The molecule has 0 saturated carbocycles. The summed E-state index contributed by atoms with van der Waals surface area (Å²) >= 11 is 4.23. The Morgan fingerprint density at radius 3 is 2.46 bits per heavy atom. The molecule has 0 saturated heterocycles. The van der Waals surface area contributed by atoms with Crippen LogP contribution in [-0.4, -0.2) is 12.9 Å². The minimum atomic E-state index is 0.895. The highest BCUT2D eigenvalue weighted by atomic mass is 32.1. The Morgan fingerprint density at radius 1 is 1.23 bits per heavy atom. The van der Waals surface area contributed by atoms with E-state index in [0.29, 0.717) is 0 Å². The van der Waals surface area contributed by atoms with E-state index in [1.807, 2.05) is 6.07 Å². The second-order valence-corrected chi connectivity index (χ2v) is 3.60. The summed E-state index contributed by atoms with van der Waals surface area (Å²) in [5, 5.41) is 0. The van der Waals surface area contributed by atoms with Gasteiger partial charge in [-0.2, -0.15) is 12.6 Å². The van der Waals surface area contributed by atoms with Gasteiger partial charge in [0.15, 0.2) is 0 Å². The lowest BCUT2D eigenvalue weighted by molar-refractivity contribution is 0.411. The molecule has 0 fully saturated rings. The summed E-state index contributed by atoms with van der Waals surface area (Å²) in [7, 11) is 1.71. The summed E-state index contributed by atoms with van der Waals surface area (Å²) in [6.45, 7) is 4.23. The van der Waals surface area contributed by atoms with Gasteiger partial charge in [-0.15, -0.1) is 0 Å². The van der Waals surface area contributed by atoms with E-state index in [2.05, 4.69) is 32.5 Å². The molecular weight excluding hydrogens is 180 g/mol. The van der Waals surface area contributed by atoms with Crippen molar-refractivity contribution in [2.75, 3.05) is 12.9 Å². The van der Waals surface area contributed by atoms with Crippen LogP contribution < -0.4 is 4.74 Å². The van der Waals surface area contributed by atoms with Gasteiger partial charge in [-0.3, -0.25) is 0 Å². The highest BCUT2D eigenvalue weighted by molar-refractivity contribution is 7.80. The van der Waals surface area contributed by atoms with Gasteiger partial charge >= 0.3 is 0 Å². The highest BCUT2D eigenvalue weighted by Crippen LogP contribution is 2.24. The normalized spacial score (nSPS) is 10.2. The molecule has 0 radical (unpaired) electrons. The van der Waals surface area contributed by atoms with E-state index >= 15 is 0 Å². The van der Waals surface area contributed by atoms with Crippen LogP contribution in [0.3, 0.4) is 0 Å². The second kappa shape index (κ2) is 4.56. The van der Waals surface area contributed by atoms with E-state index in [1.165, 1.54) is 16.7 Å². The lowest BCUT2D eigenvalue weighted by Gasteiger charge is -2.11. The SMILES string of the molecule is COc1ccc(CCS)c(C)c1C. The molecule has 0 spiro atoms. The van der Waals surface area contributed by atoms with Crippen molar-refractivity contribution in [3.8, 4) is 5.75 Å².